The largest absolute Gasteiger partial charge is 0.360 e. The number of carbonyl (C=O) groups excluding carboxylic acids is 2. The van der Waals surface area contributed by atoms with Gasteiger partial charge in [0.25, 0.3) is 5.24 Å². The summed E-state index contributed by atoms with van der Waals surface area (Å²) in [6.07, 6.45) is 3.09. The van der Waals surface area contributed by atoms with Crippen LogP contribution in [0.4, 0.5) is 10.5 Å². The van der Waals surface area contributed by atoms with E-state index >= 15 is 0 Å². The molecule has 0 fully saturated rings. The number of amides is 2. The summed E-state index contributed by atoms with van der Waals surface area (Å²) in [7, 11) is -10.6. The van der Waals surface area contributed by atoms with Gasteiger partial charge in [0.15, 0.2) is 0 Å². The van der Waals surface area contributed by atoms with Crippen LogP contribution < -0.4 is 10.2 Å². The summed E-state index contributed by atoms with van der Waals surface area (Å²) in [6.45, 7) is 8.96. The second-order valence-corrected chi connectivity index (χ2v) is 14.5. The Morgan fingerprint density at radius 1 is 1.07 bits per heavy atom. The summed E-state index contributed by atoms with van der Waals surface area (Å²) in [5, 5.41) is 2.76. The number of rotatable bonds is 15. The molecule has 1 aromatic heterocycles. The molecule has 5 N–H and O–H groups in total. The number of aromatic nitrogens is 1. The van der Waals surface area contributed by atoms with Crippen molar-refractivity contribution < 1.29 is 38.3 Å². The van der Waals surface area contributed by atoms with Crippen molar-refractivity contribution in [1.82, 2.24) is 15.2 Å². The molecule has 1 heterocycles. The molecular weight excluding hydrogens is 602 g/mol. The van der Waals surface area contributed by atoms with Crippen LogP contribution in [0.15, 0.2) is 30.5 Å². The highest BCUT2D eigenvalue weighted by Gasteiger charge is 2.44. The molecule has 1 atom stereocenters. The molecule has 12 nitrogen and oxygen atoms in total. The van der Waals surface area contributed by atoms with Crippen LogP contribution in [0.3, 0.4) is 0 Å². The lowest BCUT2D eigenvalue weighted by molar-refractivity contribution is -0.121. The Bertz CT molecular complexity index is 1230. The Hall–Kier alpha value is -1.53. The molecule has 224 valence electrons. The number of hydrogen-bond donors (Lipinski definition) is 5. The lowest BCUT2D eigenvalue weighted by Gasteiger charge is -2.30. The Morgan fingerprint density at radius 2 is 1.73 bits per heavy atom. The fourth-order valence-electron chi connectivity index (χ4n) is 4.15. The van der Waals surface area contributed by atoms with Gasteiger partial charge in [-0.2, -0.15) is 0 Å². The molecule has 1 unspecified atom stereocenters. The third-order valence-corrected chi connectivity index (χ3v) is 10.8. The van der Waals surface area contributed by atoms with Crippen LogP contribution in [-0.2, 0) is 13.9 Å². The minimum Gasteiger partial charge on any atom is -0.332 e. The third kappa shape index (κ3) is 10.4. The Morgan fingerprint density at radius 3 is 2.33 bits per heavy atom. The van der Waals surface area contributed by atoms with Gasteiger partial charge in [-0.15, -0.1) is 0 Å². The normalized spacial score (nSPS) is 13.2. The number of nitrogens with zero attached hydrogens (tertiary/aromatic N) is 3. The molecule has 0 saturated heterocycles. The second kappa shape index (κ2) is 15.6. The van der Waals surface area contributed by atoms with E-state index in [9.17, 15) is 38.3 Å². The van der Waals surface area contributed by atoms with Crippen LogP contribution >= 0.6 is 38.6 Å². The molecule has 40 heavy (non-hydrogen) atoms. The molecule has 1 aromatic carbocycles. The molecule has 0 spiro atoms. The van der Waals surface area contributed by atoms with Crippen LogP contribution in [0.5, 0.6) is 0 Å². The Labute approximate surface area is 243 Å². The maximum absolute atomic E-state index is 13.5. The monoisotopic (exact) mass is 638 g/mol. The van der Waals surface area contributed by atoms with E-state index in [0.717, 1.165) is 49.6 Å². The summed E-state index contributed by atoms with van der Waals surface area (Å²) < 4.78 is 22.8. The van der Waals surface area contributed by atoms with E-state index in [1.165, 1.54) is 0 Å². The van der Waals surface area contributed by atoms with E-state index in [1.54, 1.807) is 34.6 Å². The minimum absolute atomic E-state index is 0.133. The van der Waals surface area contributed by atoms with Crippen LogP contribution in [0, 0.1) is 0 Å². The summed E-state index contributed by atoms with van der Waals surface area (Å²) in [4.78, 5) is 70.7. The summed E-state index contributed by atoms with van der Waals surface area (Å²) in [6, 6.07) is 6.88. The number of anilines is 1. The smallest absolute Gasteiger partial charge is 0.332 e. The van der Waals surface area contributed by atoms with E-state index in [0.29, 0.717) is 16.2 Å². The van der Waals surface area contributed by atoms with Gasteiger partial charge in [-0.05, 0) is 70.1 Å². The van der Waals surface area contributed by atoms with Gasteiger partial charge in [0, 0.05) is 34.8 Å². The van der Waals surface area contributed by atoms with Gasteiger partial charge in [0.1, 0.15) is 0 Å². The van der Waals surface area contributed by atoms with Gasteiger partial charge < -0.3 is 29.8 Å². The molecule has 2 amide bonds. The van der Waals surface area contributed by atoms with E-state index in [1.807, 2.05) is 13.0 Å². The second-order valence-electron chi connectivity index (χ2n) is 9.22. The number of benzene rings is 1. The first-order valence-electron chi connectivity index (χ1n) is 12.8. The van der Waals surface area contributed by atoms with Crippen molar-refractivity contribution in [3.63, 3.8) is 0 Å². The van der Waals surface area contributed by atoms with E-state index in [-0.39, 0.29) is 29.9 Å². The van der Waals surface area contributed by atoms with Crippen molar-refractivity contribution in [1.29, 1.82) is 0 Å². The van der Waals surface area contributed by atoms with E-state index < -0.39 is 26.6 Å². The summed E-state index contributed by atoms with van der Waals surface area (Å²) >= 11 is 7.13. The van der Waals surface area contributed by atoms with Crippen LogP contribution in [-0.4, -0.2) is 77.6 Å². The molecule has 0 radical (unpaired) electrons. The van der Waals surface area contributed by atoms with Crippen molar-refractivity contribution >= 4 is 66.3 Å². The van der Waals surface area contributed by atoms with Crippen LogP contribution in [0.25, 0.3) is 10.9 Å². The molecule has 16 heteroatoms. The lowest BCUT2D eigenvalue weighted by Crippen LogP contribution is -2.37. The van der Waals surface area contributed by atoms with Crippen molar-refractivity contribution in [3.8, 4) is 0 Å². The third-order valence-electron chi connectivity index (χ3n) is 6.27. The molecule has 0 saturated carbocycles. The Balaban J connectivity index is 2.13. The highest BCUT2D eigenvalue weighted by molar-refractivity contribution is 8.13. The fraction of sp³-hybridized carbons (Fsp3) is 0.542. The maximum atomic E-state index is 13.5. The van der Waals surface area contributed by atoms with E-state index in [2.05, 4.69) is 23.7 Å². The van der Waals surface area contributed by atoms with Gasteiger partial charge in [-0.3, -0.25) is 28.6 Å². The predicted octanol–water partition coefficient (Wildman–Crippen LogP) is 4.59. The van der Waals surface area contributed by atoms with Gasteiger partial charge in [0.2, 0.25) is 11.4 Å². The van der Waals surface area contributed by atoms with Crippen molar-refractivity contribution in [2.24, 2.45) is 0 Å². The van der Waals surface area contributed by atoms with Gasteiger partial charge >= 0.3 is 15.2 Å². The van der Waals surface area contributed by atoms with Crippen LogP contribution in [0.1, 0.15) is 46.5 Å². The number of carbonyl (C=O) groups is 2. The zero-order chi connectivity index (χ0) is 30.1. The number of nitrogens with one attached hydrogen (secondary N) is 1. The van der Waals surface area contributed by atoms with Crippen LogP contribution in [0.2, 0.25) is 5.02 Å². The molecular formula is C24H37ClN4O8P2S. The minimum atomic E-state index is -5.29. The van der Waals surface area contributed by atoms with Crippen molar-refractivity contribution in [2.75, 3.05) is 30.3 Å². The number of hydrogen-bond acceptors (Lipinski definition) is 7. The standard InChI is InChI=1S/C24H37ClN4O8P2S/c1-4-28(5-2)14-6-8-17(3)29(21-12-13-26-20-16-18(25)10-11-19(20)21)24(31)40-15-7-9-22(30)27-23(38(32,33)34)39(35,36)37/h10-13,16-17,23H,4-9,14-15H2,1-3H3,(H,27,30)(H2,32,33,34)(H2,35,36,37). The lowest BCUT2D eigenvalue weighted by atomic mass is 10.1. The Kier molecular flexibility index (Phi) is 13.5. The van der Waals surface area contributed by atoms with Crippen molar-refractivity contribution in [2.45, 2.75) is 58.0 Å². The topological polar surface area (TPSA) is 181 Å². The summed E-state index contributed by atoms with van der Waals surface area (Å²) in [5.41, 5.74) is -1.29. The first-order chi connectivity index (χ1) is 18.7. The van der Waals surface area contributed by atoms with Gasteiger partial charge in [-0.1, -0.05) is 37.2 Å². The molecule has 0 bridgehead atoms. The number of pyridine rings is 1. The zero-order valence-electron chi connectivity index (χ0n) is 22.6. The van der Waals surface area contributed by atoms with E-state index in [4.69, 9.17) is 11.6 Å². The molecule has 2 aromatic rings. The molecule has 2 rings (SSSR count). The number of halogens is 1. The highest BCUT2D eigenvalue weighted by Crippen LogP contribution is 2.58. The van der Waals surface area contributed by atoms with Gasteiger partial charge in [0.05, 0.1) is 11.2 Å². The number of thioether (sulfide) groups is 1. The zero-order valence-corrected chi connectivity index (χ0v) is 26.0. The first-order valence-corrected chi connectivity index (χ1v) is 17.5. The highest BCUT2D eigenvalue weighted by atomic mass is 35.5. The average Bonchev–Trinajstić information content (AvgIpc) is 2.86. The molecule has 0 aliphatic carbocycles. The maximum Gasteiger partial charge on any atom is 0.360 e. The predicted molar refractivity (Wildman–Crippen MR) is 159 cm³/mol. The average molecular weight is 639 g/mol. The molecule has 0 aliphatic heterocycles. The first kappa shape index (κ1) is 34.7. The number of fused-ring (bicyclic) bond motifs is 1. The molecule has 0 aliphatic rings. The SMILES string of the molecule is CCN(CC)CCCC(C)N(C(=O)SCCCC(=O)NC(P(=O)(O)O)P(=O)(O)O)c1ccnc2cc(Cl)ccc12. The van der Waals surface area contributed by atoms with Crippen molar-refractivity contribution in [3.05, 3.63) is 35.5 Å². The summed E-state index contributed by atoms with van der Waals surface area (Å²) in [5.74, 6) is -0.747. The fourth-order valence-corrected chi connectivity index (χ4v) is 7.39. The quantitative estimate of drug-likeness (QED) is 0.136. The van der Waals surface area contributed by atoms with Gasteiger partial charge in [-0.25, -0.2) is 0 Å².